The Labute approximate surface area is 208 Å². The van der Waals surface area contributed by atoms with Crippen molar-refractivity contribution in [3.8, 4) is 5.75 Å². The number of benzene rings is 1. The van der Waals surface area contributed by atoms with E-state index in [0.29, 0.717) is 42.5 Å². The molecule has 8 nitrogen and oxygen atoms in total. The molecule has 1 aliphatic heterocycles. The third kappa shape index (κ3) is 4.35. The first-order valence-electron chi connectivity index (χ1n) is 10.6. The average Bonchev–Trinajstić information content (AvgIpc) is 3.38. The lowest BCUT2D eigenvalue weighted by Crippen LogP contribution is -2.39. The number of rotatable bonds is 6. The number of aromatic nitrogens is 1. The molecule has 3 aromatic rings. The van der Waals surface area contributed by atoms with Gasteiger partial charge >= 0.3 is 5.97 Å². The highest BCUT2D eigenvalue weighted by Crippen LogP contribution is 2.35. The van der Waals surface area contributed by atoms with Gasteiger partial charge in [0.2, 0.25) is 0 Å². The Balaban J connectivity index is 1.93. The molecule has 0 spiro atoms. The van der Waals surface area contributed by atoms with Crippen molar-refractivity contribution >= 4 is 45.2 Å². The smallest absolute Gasteiger partial charge is 0.338 e. The number of nitrogens with zero attached hydrogens (tertiary/aromatic N) is 3. The van der Waals surface area contributed by atoms with Crippen molar-refractivity contribution in [2.75, 3.05) is 32.7 Å². The lowest BCUT2D eigenvalue weighted by Gasteiger charge is -2.25. The van der Waals surface area contributed by atoms with E-state index < -0.39 is 12.0 Å². The SMILES string of the molecule is CCOC(=O)C1=C(C)N=c2sc(=Cc3ccc(N(C)C)o3)c(=O)n2[C@H]1c1ccc(OC)c(Br)c1. The van der Waals surface area contributed by atoms with Crippen molar-refractivity contribution in [1.82, 2.24) is 4.57 Å². The number of carbonyl (C=O) groups is 1. The van der Waals surface area contributed by atoms with Gasteiger partial charge in [-0.15, -0.1) is 0 Å². The maximum atomic E-state index is 13.6. The van der Waals surface area contributed by atoms with Crippen molar-refractivity contribution < 1.29 is 18.7 Å². The zero-order valence-electron chi connectivity index (χ0n) is 19.4. The average molecular weight is 546 g/mol. The highest BCUT2D eigenvalue weighted by Gasteiger charge is 2.33. The van der Waals surface area contributed by atoms with E-state index in [2.05, 4.69) is 20.9 Å². The lowest BCUT2D eigenvalue weighted by molar-refractivity contribution is -0.139. The molecule has 178 valence electrons. The summed E-state index contributed by atoms with van der Waals surface area (Å²) in [6.07, 6.45) is 1.70. The molecular formula is C24H24BrN3O5S. The lowest BCUT2D eigenvalue weighted by atomic mass is 9.96. The van der Waals surface area contributed by atoms with E-state index in [4.69, 9.17) is 13.9 Å². The number of allylic oxidation sites excluding steroid dienone is 1. The van der Waals surface area contributed by atoms with Gasteiger partial charge in [-0.05, 0) is 53.5 Å². The van der Waals surface area contributed by atoms with Crippen LogP contribution in [-0.2, 0) is 9.53 Å². The molecule has 0 aliphatic carbocycles. The van der Waals surface area contributed by atoms with Crippen LogP contribution in [0.25, 0.3) is 6.08 Å². The Hall–Kier alpha value is -3.11. The van der Waals surface area contributed by atoms with E-state index in [0.717, 1.165) is 5.56 Å². The number of esters is 1. The molecule has 0 fully saturated rings. The van der Waals surface area contributed by atoms with Crippen molar-refractivity contribution in [3.63, 3.8) is 0 Å². The number of carbonyl (C=O) groups excluding carboxylic acids is 1. The largest absolute Gasteiger partial charge is 0.496 e. The van der Waals surface area contributed by atoms with Gasteiger partial charge in [-0.2, -0.15) is 0 Å². The van der Waals surface area contributed by atoms with Crippen LogP contribution in [0.3, 0.4) is 0 Å². The first kappa shape index (κ1) is 24.0. The van der Waals surface area contributed by atoms with Crippen LogP contribution in [0.4, 0.5) is 5.88 Å². The summed E-state index contributed by atoms with van der Waals surface area (Å²) >= 11 is 4.76. The summed E-state index contributed by atoms with van der Waals surface area (Å²) in [5, 5.41) is 0. The monoisotopic (exact) mass is 545 g/mol. The molecular weight excluding hydrogens is 522 g/mol. The Morgan fingerprint density at radius 2 is 2.09 bits per heavy atom. The second-order valence-corrected chi connectivity index (χ2v) is 9.63. The number of ether oxygens (including phenoxy) is 2. The molecule has 10 heteroatoms. The summed E-state index contributed by atoms with van der Waals surface area (Å²) in [6.45, 7) is 3.71. The Bertz CT molecular complexity index is 1460. The van der Waals surface area contributed by atoms with Crippen LogP contribution >= 0.6 is 27.3 Å². The van der Waals surface area contributed by atoms with Gasteiger partial charge in [0.15, 0.2) is 10.7 Å². The van der Waals surface area contributed by atoms with E-state index in [9.17, 15) is 9.59 Å². The summed E-state index contributed by atoms with van der Waals surface area (Å²) in [7, 11) is 5.33. The Kier molecular flexibility index (Phi) is 6.81. The number of methoxy groups -OCH3 is 1. The molecule has 1 aliphatic rings. The van der Waals surface area contributed by atoms with Gasteiger partial charge < -0.3 is 18.8 Å². The summed E-state index contributed by atoms with van der Waals surface area (Å²) in [5.74, 6) is 1.38. The van der Waals surface area contributed by atoms with Crippen LogP contribution in [0.1, 0.15) is 31.2 Å². The number of anilines is 1. The molecule has 2 aromatic heterocycles. The zero-order chi connectivity index (χ0) is 24.6. The fourth-order valence-corrected chi connectivity index (χ4v) is 5.33. The van der Waals surface area contributed by atoms with Gasteiger partial charge in [-0.1, -0.05) is 17.4 Å². The van der Waals surface area contributed by atoms with E-state index in [1.807, 2.05) is 37.2 Å². The fraction of sp³-hybridized carbons (Fsp3) is 0.292. The predicted molar refractivity (Wildman–Crippen MR) is 134 cm³/mol. The number of fused-ring (bicyclic) bond motifs is 1. The van der Waals surface area contributed by atoms with Crippen LogP contribution < -0.4 is 24.5 Å². The normalized spacial score (nSPS) is 15.7. The van der Waals surface area contributed by atoms with Crippen molar-refractivity contribution in [3.05, 3.63) is 77.1 Å². The highest BCUT2D eigenvalue weighted by molar-refractivity contribution is 9.10. The van der Waals surface area contributed by atoms with E-state index in [1.165, 1.54) is 11.3 Å². The van der Waals surface area contributed by atoms with Gasteiger partial charge in [0, 0.05) is 26.2 Å². The first-order chi connectivity index (χ1) is 16.2. The quantitative estimate of drug-likeness (QED) is 0.442. The first-order valence-corrected chi connectivity index (χ1v) is 12.2. The Morgan fingerprint density at radius 3 is 2.71 bits per heavy atom. The number of furan rings is 1. The van der Waals surface area contributed by atoms with Crippen LogP contribution in [0.5, 0.6) is 5.75 Å². The van der Waals surface area contributed by atoms with Crippen molar-refractivity contribution in [1.29, 1.82) is 0 Å². The molecule has 34 heavy (non-hydrogen) atoms. The number of halogens is 1. The summed E-state index contributed by atoms with van der Waals surface area (Å²) in [6, 6.07) is 8.41. The molecule has 1 atom stereocenters. The molecule has 0 amide bonds. The van der Waals surface area contributed by atoms with Crippen molar-refractivity contribution in [2.45, 2.75) is 19.9 Å². The summed E-state index contributed by atoms with van der Waals surface area (Å²) in [4.78, 5) is 33.5. The van der Waals surface area contributed by atoms with Gasteiger partial charge in [0.25, 0.3) is 5.56 Å². The molecule has 0 radical (unpaired) electrons. The second kappa shape index (κ2) is 9.63. The third-order valence-electron chi connectivity index (χ3n) is 5.34. The van der Waals surface area contributed by atoms with E-state index in [-0.39, 0.29) is 12.2 Å². The zero-order valence-corrected chi connectivity index (χ0v) is 21.8. The third-order valence-corrected chi connectivity index (χ3v) is 6.94. The molecule has 4 rings (SSSR count). The molecule has 0 unspecified atom stereocenters. The minimum absolute atomic E-state index is 0.214. The topological polar surface area (TPSA) is 86.3 Å². The van der Waals surface area contributed by atoms with Crippen LogP contribution in [0, 0.1) is 0 Å². The standard InChI is InChI=1S/C24H24BrN3O5S/c1-6-32-23(30)20-13(2)26-24-28(21(20)14-7-9-17(31-5)16(25)11-14)22(29)18(34-24)12-15-8-10-19(33-15)27(3)4/h7-12,21H,6H2,1-5H3/t21-/m0/s1. The molecule has 0 saturated heterocycles. The van der Waals surface area contributed by atoms with E-state index >= 15 is 0 Å². The molecule has 3 heterocycles. The van der Waals surface area contributed by atoms with Crippen LogP contribution in [-0.4, -0.2) is 38.3 Å². The number of hydrogen-bond acceptors (Lipinski definition) is 8. The van der Waals surface area contributed by atoms with Gasteiger partial charge in [0.1, 0.15) is 11.5 Å². The predicted octanol–water partition coefficient (Wildman–Crippen LogP) is 3.23. The maximum absolute atomic E-state index is 13.6. The number of hydrogen-bond donors (Lipinski definition) is 0. The highest BCUT2D eigenvalue weighted by atomic mass is 79.9. The molecule has 1 aromatic carbocycles. The van der Waals surface area contributed by atoms with Crippen LogP contribution in [0.15, 0.2) is 60.3 Å². The molecule has 0 bridgehead atoms. The van der Waals surface area contributed by atoms with E-state index in [1.54, 1.807) is 43.7 Å². The van der Waals surface area contributed by atoms with Gasteiger partial charge in [-0.3, -0.25) is 9.36 Å². The van der Waals surface area contributed by atoms with Gasteiger partial charge in [-0.25, -0.2) is 9.79 Å². The van der Waals surface area contributed by atoms with Crippen molar-refractivity contribution in [2.24, 2.45) is 4.99 Å². The molecule has 0 N–H and O–H groups in total. The summed E-state index contributed by atoms with van der Waals surface area (Å²) < 4.78 is 19.2. The van der Waals surface area contributed by atoms with Gasteiger partial charge in [0.05, 0.1) is 40.0 Å². The number of thiazole rings is 1. The second-order valence-electron chi connectivity index (χ2n) is 7.77. The van der Waals surface area contributed by atoms with Crippen LogP contribution in [0.2, 0.25) is 0 Å². The Morgan fingerprint density at radius 1 is 1.32 bits per heavy atom. The minimum atomic E-state index is -0.700. The maximum Gasteiger partial charge on any atom is 0.338 e. The minimum Gasteiger partial charge on any atom is -0.496 e. The fourth-order valence-electron chi connectivity index (χ4n) is 3.75. The molecule has 0 saturated carbocycles. The summed E-state index contributed by atoms with van der Waals surface area (Å²) in [5.41, 5.74) is 1.30.